The van der Waals surface area contributed by atoms with Gasteiger partial charge in [-0.2, -0.15) is 0 Å². The number of hydrogen-bond acceptors (Lipinski definition) is 7. The fraction of sp³-hybridized carbons (Fsp3) is 0.370. The van der Waals surface area contributed by atoms with Gasteiger partial charge in [0.1, 0.15) is 46.9 Å². The lowest BCUT2D eigenvalue weighted by Gasteiger charge is -2.20. The number of benzene rings is 1. The minimum Gasteiger partial charge on any atom is -0.472 e. The molecule has 0 bridgehead atoms. The molecule has 1 aliphatic carbocycles. The summed E-state index contributed by atoms with van der Waals surface area (Å²) < 4.78 is 36.4. The fourth-order valence-electron chi connectivity index (χ4n) is 5.32. The molecule has 3 aromatic heterocycles. The second kappa shape index (κ2) is 8.57. The van der Waals surface area contributed by atoms with Crippen LogP contribution >= 0.6 is 0 Å². The van der Waals surface area contributed by atoms with Gasteiger partial charge in [0.05, 0.1) is 17.6 Å². The summed E-state index contributed by atoms with van der Waals surface area (Å²) in [6.45, 7) is 1.79. The van der Waals surface area contributed by atoms with Gasteiger partial charge in [-0.25, -0.2) is 28.7 Å². The molecule has 188 valence electrons. The number of aromatic nitrogens is 5. The Bertz CT molecular complexity index is 1600. The molecule has 0 N–H and O–H groups in total. The van der Waals surface area contributed by atoms with Crippen LogP contribution in [0, 0.1) is 11.6 Å². The first kappa shape index (κ1) is 22.3. The summed E-state index contributed by atoms with van der Waals surface area (Å²) in [6.07, 6.45) is 5.97. The van der Waals surface area contributed by atoms with Crippen molar-refractivity contribution >= 4 is 16.7 Å². The third-order valence-electron chi connectivity index (χ3n) is 7.39. The molecule has 1 saturated carbocycles. The first-order valence-corrected chi connectivity index (χ1v) is 12.7. The Kier molecular flexibility index (Phi) is 5.16. The number of halogens is 2. The normalized spacial score (nSPS) is 19.0. The second-order valence-corrected chi connectivity index (χ2v) is 9.97. The summed E-state index contributed by atoms with van der Waals surface area (Å²) in [5, 5.41) is 0.378. The van der Waals surface area contributed by atoms with Crippen LogP contribution in [-0.2, 0) is 13.0 Å². The lowest BCUT2D eigenvalue weighted by molar-refractivity contribution is 0.215. The van der Waals surface area contributed by atoms with Crippen molar-refractivity contribution in [2.24, 2.45) is 0 Å². The largest absolute Gasteiger partial charge is 0.472 e. The minimum atomic E-state index is -0.744. The number of hydrogen-bond donors (Lipinski definition) is 0. The molecule has 2 fully saturated rings. The van der Waals surface area contributed by atoms with Gasteiger partial charge in [0, 0.05) is 49.5 Å². The van der Waals surface area contributed by atoms with E-state index < -0.39 is 11.6 Å². The van der Waals surface area contributed by atoms with E-state index in [1.54, 1.807) is 17.0 Å². The molecule has 3 aliphatic rings. The first-order chi connectivity index (χ1) is 18.0. The summed E-state index contributed by atoms with van der Waals surface area (Å²) >= 11 is 0. The SMILES string of the molecule is O=c1c2cc(N3CC[C@@H](Oc4cc(C5CC5)ncn4)C3)nc(-c3ccc(F)cc3F)c2nc2n1CCC2. The van der Waals surface area contributed by atoms with Crippen molar-refractivity contribution in [1.82, 2.24) is 24.5 Å². The van der Waals surface area contributed by atoms with E-state index in [0.717, 1.165) is 37.4 Å². The molecule has 0 unspecified atom stereocenters. The van der Waals surface area contributed by atoms with Crippen molar-refractivity contribution in [3.8, 4) is 17.1 Å². The molecule has 1 atom stereocenters. The highest BCUT2D eigenvalue weighted by atomic mass is 19.1. The molecule has 7 rings (SSSR count). The van der Waals surface area contributed by atoms with Gasteiger partial charge in [-0.05, 0) is 37.5 Å². The Balaban J connectivity index is 1.26. The molecule has 2 aliphatic heterocycles. The lowest BCUT2D eigenvalue weighted by Crippen LogP contribution is -2.27. The van der Waals surface area contributed by atoms with Crippen molar-refractivity contribution in [3.05, 3.63) is 70.2 Å². The van der Waals surface area contributed by atoms with Crippen LogP contribution in [0.2, 0.25) is 0 Å². The quantitative estimate of drug-likeness (QED) is 0.408. The van der Waals surface area contributed by atoms with Crippen LogP contribution in [0.5, 0.6) is 5.88 Å². The first-order valence-electron chi connectivity index (χ1n) is 12.7. The number of anilines is 1. The number of pyridine rings is 1. The Morgan fingerprint density at radius 3 is 2.73 bits per heavy atom. The van der Waals surface area contributed by atoms with Gasteiger partial charge < -0.3 is 9.64 Å². The van der Waals surface area contributed by atoms with Crippen LogP contribution in [0.25, 0.3) is 22.2 Å². The van der Waals surface area contributed by atoms with Crippen LogP contribution in [0.1, 0.15) is 43.1 Å². The van der Waals surface area contributed by atoms with Crippen molar-refractivity contribution in [2.75, 3.05) is 18.0 Å². The molecule has 4 aromatic rings. The van der Waals surface area contributed by atoms with Crippen LogP contribution in [-0.4, -0.2) is 43.7 Å². The number of fused-ring (bicyclic) bond motifs is 2. The average molecular weight is 503 g/mol. The smallest absolute Gasteiger partial charge is 0.261 e. The molecule has 0 amide bonds. The van der Waals surface area contributed by atoms with Gasteiger partial charge in [-0.1, -0.05) is 0 Å². The summed E-state index contributed by atoms with van der Waals surface area (Å²) in [5.74, 6) is 0.849. The van der Waals surface area contributed by atoms with E-state index in [4.69, 9.17) is 14.7 Å². The van der Waals surface area contributed by atoms with Gasteiger partial charge in [0.2, 0.25) is 5.88 Å². The molecule has 8 nitrogen and oxygen atoms in total. The zero-order chi connectivity index (χ0) is 25.1. The fourth-order valence-corrected chi connectivity index (χ4v) is 5.32. The summed E-state index contributed by atoms with van der Waals surface area (Å²) in [4.78, 5) is 33.5. The van der Waals surface area contributed by atoms with Crippen LogP contribution < -0.4 is 15.2 Å². The number of nitrogens with zero attached hydrogens (tertiary/aromatic N) is 6. The van der Waals surface area contributed by atoms with Crippen LogP contribution in [0.3, 0.4) is 0 Å². The van der Waals surface area contributed by atoms with E-state index in [1.807, 2.05) is 11.0 Å². The molecule has 1 saturated heterocycles. The summed E-state index contributed by atoms with van der Waals surface area (Å²) in [6, 6.07) is 7.02. The molecular weight excluding hydrogens is 478 g/mol. The molecule has 10 heteroatoms. The van der Waals surface area contributed by atoms with Gasteiger partial charge >= 0.3 is 0 Å². The molecule has 37 heavy (non-hydrogen) atoms. The third kappa shape index (κ3) is 4.00. The zero-order valence-electron chi connectivity index (χ0n) is 20.0. The Morgan fingerprint density at radius 2 is 1.89 bits per heavy atom. The van der Waals surface area contributed by atoms with Gasteiger partial charge in [0.15, 0.2) is 0 Å². The average Bonchev–Trinajstić information content (AvgIpc) is 3.46. The standard InChI is InChI=1S/C27H24F2N6O2/c28-16-5-6-18(20(29)10-16)25-26-19(27(36)35-8-1-2-22(35)32-26)11-23(33-25)34-9-7-17(13-34)37-24-12-21(15-3-4-15)30-14-31-24/h5-6,10-12,14-15,17H,1-4,7-9,13H2/t17-/m1/s1. The molecule has 1 aromatic carbocycles. The predicted molar refractivity (Wildman–Crippen MR) is 133 cm³/mol. The maximum absolute atomic E-state index is 14.9. The summed E-state index contributed by atoms with van der Waals surface area (Å²) in [5.41, 5.74) is 1.55. The van der Waals surface area contributed by atoms with E-state index in [9.17, 15) is 13.6 Å². The van der Waals surface area contributed by atoms with Crippen molar-refractivity contribution < 1.29 is 13.5 Å². The van der Waals surface area contributed by atoms with E-state index >= 15 is 0 Å². The van der Waals surface area contributed by atoms with Crippen molar-refractivity contribution in [2.45, 2.75) is 50.7 Å². The maximum atomic E-state index is 14.9. The summed E-state index contributed by atoms with van der Waals surface area (Å²) in [7, 11) is 0. The maximum Gasteiger partial charge on any atom is 0.261 e. The van der Waals surface area contributed by atoms with E-state index in [0.29, 0.717) is 60.4 Å². The topological polar surface area (TPSA) is 86.0 Å². The second-order valence-electron chi connectivity index (χ2n) is 9.97. The molecule has 0 radical (unpaired) electrons. The van der Waals surface area contributed by atoms with Gasteiger partial charge in [-0.15, -0.1) is 0 Å². The highest BCUT2D eigenvalue weighted by Crippen LogP contribution is 2.39. The number of rotatable bonds is 5. The Morgan fingerprint density at radius 1 is 1.00 bits per heavy atom. The van der Waals surface area contributed by atoms with E-state index in [2.05, 4.69) is 9.97 Å². The van der Waals surface area contributed by atoms with E-state index in [1.165, 1.54) is 12.1 Å². The van der Waals surface area contributed by atoms with Gasteiger partial charge in [-0.3, -0.25) is 9.36 Å². The minimum absolute atomic E-state index is 0.115. The van der Waals surface area contributed by atoms with Crippen molar-refractivity contribution in [3.63, 3.8) is 0 Å². The van der Waals surface area contributed by atoms with E-state index in [-0.39, 0.29) is 22.9 Å². The van der Waals surface area contributed by atoms with Crippen LogP contribution in [0.4, 0.5) is 14.6 Å². The molecule has 0 spiro atoms. The zero-order valence-corrected chi connectivity index (χ0v) is 20.0. The Labute approximate surface area is 211 Å². The number of ether oxygens (including phenoxy) is 1. The molecular formula is C27H24F2N6O2. The van der Waals surface area contributed by atoms with Crippen molar-refractivity contribution in [1.29, 1.82) is 0 Å². The predicted octanol–water partition coefficient (Wildman–Crippen LogP) is 4.01. The highest BCUT2D eigenvalue weighted by Gasteiger charge is 2.30. The number of aryl methyl sites for hydroxylation is 1. The van der Waals surface area contributed by atoms with Crippen LogP contribution in [0.15, 0.2) is 41.5 Å². The lowest BCUT2D eigenvalue weighted by atomic mass is 10.1. The monoisotopic (exact) mass is 502 g/mol. The molecule has 5 heterocycles. The highest BCUT2D eigenvalue weighted by molar-refractivity contribution is 5.93. The Hall–Kier alpha value is -3.95. The van der Waals surface area contributed by atoms with Gasteiger partial charge in [0.25, 0.3) is 5.56 Å². The third-order valence-corrected chi connectivity index (χ3v) is 7.39.